The minimum absolute atomic E-state index is 0.252. The van der Waals surface area contributed by atoms with Gasteiger partial charge in [-0.05, 0) is 51.0 Å². The van der Waals surface area contributed by atoms with Crippen molar-refractivity contribution in [1.82, 2.24) is 20.0 Å². The van der Waals surface area contributed by atoms with Crippen LogP contribution in [0.5, 0.6) is 0 Å². The molecule has 1 amide bonds. The van der Waals surface area contributed by atoms with Crippen LogP contribution in [0.25, 0.3) is 0 Å². The average molecular weight is 361 g/mol. The molecule has 0 unspecified atom stereocenters. The van der Waals surface area contributed by atoms with E-state index in [-0.39, 0.29) is 5.41 Å². The molecule has 144 valence electrons. The molecule has 1 saturated carbocycles. The van der Waals surface area contributed by atoms with Gasteiger partial charge in [0.1, 0.15) is 0 Å². The van der Waals surface area contributed by atoms with Crippen LogP contribution in [0.15, 0.2) is 4.42 Å². The van der Waals surface area contributed by atoms with Crippen molar-refractivity contribution in [3.63, 3.8) is 0 Å². The van der Waals surface area contributed by atoms with E-state index in [0.717, 1.165) is 57.3 Å². The van der Waals surface area contributed by atoms with Gasteiger partial charge in [-0.3, -0.25) is 9.69 Å². The largest absolute Gasteiger partial charge is 0.424 e. The second kappa shape index (κ2) is 7.29. The number of piperidine rings is 2. The molecule has 2 aliphatic heterocycles. The summed E-state index contributed by atoms with van der Waals surface area (Å²) in [6, 6.07) is 0. The SMILES string of the molecule is CC(C)CCN1C[C@@]2(CCCN(Cc3nnc(C4CC4)o3)C2)CCC1=O. The van der Waals surface area contributed by atoms with Crippen LogP contribution in [0.1, 0.15) is 76.5 Å². The van der Waals surface area contributed by atoms with Crippen molar-refractivity contribution in [2.24, 2.45) is 11.3 Å². The van der Waals surface area contributed by atoms with Gasteiger partial charge in [-0.25, -0.2) is 0 Å². The van der Waals surface area contributed by atoms with Crippen LogP contribution < -0.4 is 0 Å². The Bertz CT molecular complexity index is 640. The number of hydrogen-bond acceptors (Lipinski definition) is 5. The molecular weight excluding hydrogens is 328 g/mol. The van der Waals surface area contributed by atoms with Crippen molar-refractivity contribution < 1.29 is 9.21 Å². The van der Waals surface area contributed by atoms with Gasteiger partial charge in [0.2, 0.25) is 17.7 Å². The molecule has 3 aliphatic rings. The van der Waals surface area contributed by atoms with E-state index in [0.29, 0.717) is 24.2 Å². The third-order valence-electron chi connectivity index (χ3n) is 6.23. The molecule has 6 heteroatoms. The van der Waals surface area contributed by atoms with Gasteiger partial charge in [0.05, 0.1) is 6.54 Å². The summed E-state index contributed by atoms with van der Waals surface area (Å²) in [4.78, 5) is 16.9. The number of aromatic nitrogens is 2. The van der Waals surface area contributed by atoms with Gasteiger partial charge < -0.3 is 9.32 Å². The molecule has 0 radical (unpaired) electrons. The first-order valence-electron chi connectivity index (χ1n) is 10.4. The molecule has 6 nitrogen and oxygen atoms in total. The minimum atomic E-state index is 0.252. The minimum Gasteiger partial charge on any atom is -0.424 e. The normalized spacial score (nSPS) is 27.7. The first-order chi connectivity index (χ1) is 12.5. The Hall–Kier alpha value is -1.43. The summed E-state index contributed by atoms with van der Waals surface area (Å²) in [7, 11) is 0. The van der Waals surface area contributed by atoms with Gasteiger partial charge in [-0.15, -0.1) is 10.2 Å². The van der Waals surface area contributed by atoms with E-state index in [2.05, 4.69) is 33.8 Å². The van der Waals surface area contributed by atoms with Crippen LogP contribution in [0.2, 0.25) is 0 Å². The Labute approximate surface area is 156 Å². The summed E-state index contributed by atoms with van der Waals surface area (Å²) < 4.78 is 5.86. The maximum Gasteiger partial charge on any atom is 0.230 e. The fraction of sp³-hybridized carbons (Fsp3) is 0.850. The molecular formula is C20H32N4O2. The second-order valence-corrected chi connectivity index (χ2v) is 9.12. The van der Waals surface area contributed by atoms with Gasteiger partial charge in [0.25, 0.3) is 0 Å². The highest BCUT2D eigenvalue weighted by Gasteiger charge is 2.41. The fourth-order valence-corrected chi connectivity index (χ4v) is 4.52. The van der Waals surface area contributed by atoms with Crippen LogP contribution in [-0.2, 0) is 11.3 Å². The molecule has 26 heavy (non-hydrogen) atoms. The Morgan fingerprint density at radius 2 is 2.08 bits per heavy atom. The van der Waals surface area contributed by atoms with Crippen molar-refractivity contribution in [1.29, 1.82) is 0 Å². The van der Waals surface area contributed by atoms with Crippen LogP contribution in [-0.4, -0.2) is 52.1 Å². The van der Waals surface area contributed by atoms with Gasteiger partial charge >= 0.3 is 0 Å². The van der Waals surface area contributed by atoms with Gasteiger partial charge in [-0.1, -0.05) is 13.8 Å². The lowest BCUT2D eigenvalue weighted by Gasteiger charge is -2.48. The summed E-state index contributed by atoms with van der Waals surface area (Å²) in [6.07, 6.45) is 7.62. The van der Waals surface area contributed by atoms with Crippen LogP contribution in [0.4, 0.5) is 0 Å². The van der Waals surface area contributed by atoms with E-state index in [1.807, 2.05) is 0 Å². The maximum atomic E-state index is 12.4. The molecule has 1 spiro atoms. The smallest absolute Gasteiger partial charge is 0.230 e. The summed E-state index contributed by atoms with van der Waals surface area (Å²) in [6.45, 7) is 9.17. The fourth-order valence-electron chi connectivity index (χ4n) is 4.52. The monoisotopic (exact) mass is 360 g/mol. The Morgan fingerprint density at radius 1 is 1.23 bits per heavy atom. The molecule has 0 N–H and O–H groups in total. The number of likely N-dealkylation sites (tertiary alicyclic amines) is 2. The van der Waals surface area contributed by atoms with E-state index < -0.39 is 0 Å². The first-order valence-corrected chi connectivity index (χ1v) is 10.4. The molecule has 0 bridgehead atoms. The maximum absolute atomic E-state index is 12.4. The number of carbonyl (C=O) groups excluding carboxylic acids is 1. The zero-order valence-corrected chi connectivity index (χ0v) is 16.2. The predicted molar refractivity (Wildman–Crippen MR) is 98.5 cm³/mol. The number of nitrogens with zero attached hydrogens (tertiary/aromatic N) is 4. The van der Waals surface area contributed by atoms with Crippen LogP contribution in [0.3, 0.4) is 0 Å². The van der Waals surface area contributed by atoms with Crippen molar-refractivity contribution in [3.05, 3.63) is 11.8 Å². The van der Waals surface area contributed by atoms with E-state index in [9.17, 15) is 4.79 Å². The zero-order chi connectivity index (χ0) is 18.1. The lowest BCUT2D eigenvalue weighted by molar-refractivity contribution is -0.139. The second-order valence-electron chi connectivity index (χ2n) is 9.12. The lowest BCUT2D eigenvalue weighted by Crippen LogP contribution is -2.54. The predicted octanol–water partition coefficient (Wildman–Crippen LogP) is 3.20. The van der Waals surface area contributed by atoms with Crippen molar-refractivity contribution in [3.8, 4) is 0 Å². The summed E-state index contributed by atoms with van der Waals surface area (Å²) in [5.74, 6) is 3.09. The standard InChI is InChI=1S/C20H32N4O2/c1-15(2)7-11-24-14-20(9-6-18(24)25)8-3-10-23(13-20)12-17-21-22-19(26-17)16-4-5-16/h15-16H,3-14H2,1-2H3/t20-/m0/s1. The van der Waals surface area contributed by atoms with Crippen molar-refractivity contribution in [2.75, 3.05) is 26.2 Å². The number of carbonyl (C=O) groups is 1. The number of amides is 1. The van der Waals surface area contributed by atoms with Gasteiger partial charge in [0, 0.05) is 37.4 Å². The molecule has 2 saturated heterocycles. The van der Waals surface area contributed by atoms with E-state index >= 15 is 0 Å². The number of hydrogen-bond donors (Lipinski definition) is 0. The third-order valence-corrected chi connectivity index (χ3v) is 6.23. The molecule has 0 aromatic carbocycles. The van der Waals surface area contributed by atoms with E-state index in [1.54, 1.807) is 0 Å². The quantitative estimate of drug-likeness (QED) is 0.779. The molecule has 3 heterocycles. The molecule has 4 rings (SSSR count). The van der Waals surface area contributed by atoms with E-state index in [4.69, 9.17) is 4.42 Å². The Morgan fingerprint density at radius 3 is 2.85 bits per heavy atom. The topological polar surface area (TPSA) is 62.5 Å². The highest BCUT2D eigenvalue weighted by molar-refractivity contribution is 5.77. The van der Waals surface area contributed by atoms with Crippen molar-refractivity contribution >= 4 is 5.91 Å². The third kappa shape index (κ3) is 4.11. The number of rotatable bonds is 6. The summed E-state index contributed by atoms with van der Waals surface area (Å²) in [5.41, 5.74) is 0.252. The molecule has 1 aliphatic carbocycles. The lowest BCUT2D eigenvalue weighted by atomic mass is 9.73. The Balaban J connectivity index is 1.37. The first kappa shape index (κ1) is 18.0. The van der Waals surface area contributed by atoms with E-state index in [1.165, 1.54) is 25.7 Å². The highest BCUT2D eigenvalue weighted by atomic mass is 16.4. The Kier molecular flexibility index (Phi) is 5.04. The van der Waals surface area contributed by atoms with Crippen LogP contribution in [0, 0.1) is 11.3 Å². The van der Waals surface area contributed by atoms with Crippen LogP contribution >= 0.6 is 0 Å². The summed E-state index contributed by atoms with van der Waals surface area (Å²) in [5, 5.41) is 8.47. The summed E-state index contributed by atoms with van der Waals surface area (Å²) >= 11 is 0. The highest BCUT2D eigenvalue weighted by Crippen LogP contribution is 2.40. The zero-order valence-electron chi connectivity index (χ0n) is 16.2. The molecule has 1 aromatic heterocycles. The van der Waals surface area contributed by atoms with Crippen molar-refractivity contribution in [2.45, 2.75) is 71.3 Å². The molecule has 1 aromatic rings. The molecule has 3 fully saturated rings. The van der Waals surface area contributed by atoms with Gasteiger partial charge in [-0.2, -0.15) is 0 Å². The molecule has 1 atom stereocenters. The average Bonchev–Trinajstić information content (AvgIpc) is 3.36. The van der Waals surface area contributed by atoms with Gasteiger partial charge in [0.15, 0.2) is 0 Å².